The normalized spacial score (nSPS) is 22.6. The average Bonchev–Trinajstić information content (AvgIpc) is 2.65. The number of carbonyl (C=O) groups is 2. The molecule has 0 aromatic heterocycles. The van der Waals surface area contributed by atoms with Gasteiger partial charge in [-0.3, -0.25) is 4.79 Å². The second-order valence-corrected chi connectivity index (χ2v) is 5.24. The molecule has 0 aliphatic carbocycles. The summed E-state index contributed by atoms with van der Waals surface area (Å²) in [5.41, 5.74) is -0.690. The van der Waals surface area contributed by atoms with Crippen molar-refractivity contribution < 1.29 is 19.1 Å². The summed E-state index contributed by atoms with van der Waals surface area (Å²) in [6, 6.07) is -0.411. The lowest BCUT2D eigenvalue weighted by Crippen LogP contribution is -2.55. The van der Waals surface area contributed by atoms with E-state index < -0.39 is 11.6 Å². The molecule has 2 aliphatic heterocycles. The minimum atomic E-state index is -0.690. The predicted molar refractivity (Wildman–Crippen MR) is 71.4 cm³/mol. The molecule has 3 amide bonds. The number of methoxy groups -OCH3 is 1. The van der Waals surface area contributed by atoms with E-state index in [1.807, 2.05) is 0 Å². The number of piperidine rings is 1. The van der Waals surface area contributed by atoms with Crippen LogP contribution < -0.4 is 5.32 Å². The van der Waals surface area contributed by atoms with Crippen molar-refractivity contribution in [1.82, 2.24) is 15.1 Å². The Balaban J connectivity index is 1.75. The molecule has 0 saturated carbocycles. The van der Waals surface area contributed by atoms with E-state index in [9.17, 15) is 9.59 Å². The quantitative estimate of drug-likeness (QED) is 0.494. The van der Waals surface area contributed by atoms with Crippen LogP contribution in [0.25, 0.3) is 0 Å². The number of carbonyl (C=O) groups excluding carboxylic acids is 2. The molecule has 2 aliphatic rings. The summed E-state index contributed by atoms with van der Waals surface area (Å²) in [6.07, 6.45) is 1.30. The van der Waals surface area contributed by atoms with E-state index in [1.54, 1.807) is 14.2 Å². The number of ether oxygens (including phenoxy) is 2. The summed E-state index contributed by atoms with van der Waals surface area (Å²) in [7, 11) is 3.31. The van der Waals surface area contributed by atoms with Gasteiger partial charge in [-0.2, -0.15) is 5.32 Å². The summed E-state index contributed by atoms with van der Waals surface area (Å²) in [5, 5.41) is 3.56. The fraction of sp³-hybridized carbons (Fsp3) is 0.846. The van der Waals surface area contributed by atoms with Crippen LogP contribution in [0, 0.1) is 0 Å². The second kappa shape index (κ2) is 6.51. The first-order chi connectivity index (χ1) is 9.60. The highest BCUT2D eigenvalue weighted by molar-refractivity contribution is 6.06. The molecule has 20 heavy (non-hydrogen) atoms. The van der Waals surface area contributed by atoms with Gasteiger partial charge in [0, 0.05) is 33.8 Å². The first-order valence-electron chi connectivity index (χ1n) is 6.93. The predicted octanol–water partition coefficient (Wildman–Crippen LogP) is -0.320. The number of nitrogens with zero attached hydrogens (tertiary/aromatic N) is 3. The molecule has 1 spiro atoms. The molecule has 2 heterocycles. The SMILES string of the molecule is COCCOCCN1CCC2(CC1)C(=O)[N]C(=O)N2C. The summed E-state index contributed by atoms with van der Waals surface area (Å²) >= 11 is 0. The van der Waals surface area contributed by atoms with E-state index >= 15 is 0 Å². The average molecular weight is 284 g/mol. The largest absolute Gasteiger partial charge is 0.382 e. The number of rotatable bonds is 6. The van der Waals surface area contributed by atoms with Gasteiger partial charge < -0.3 is 19.3 Å². The smallest absolute Gasteiger partial charge is 0.347 e. The fourth-order valence-electron chi connectivity index (χ4n) is 2.73. The van der Waals surface area contributed by atoms with Crippen molar-refractivity contribution in [3.8, 4) is 0 Å². The van der Waals surface area contributed by atoms with Gasteiger partial charge in [-0.15, -0.1) is 0 Å². The van der Waals surface area contributed by atoms with Crippen molar-refractivity contribution in [3.63, 3.8) is 0 Å². The van der Waals surface area contributed by atoms with Crippen LogP contribution in [0.1, 0.15) is 12.8 Å². The molecule has 7 heteroatoms. The zero-order valence-corrected chi connectivity index (χ0v) is 12.1. The number of hydrogen-bond acceptors (Lipinski definition) is 5. The Labute approximate surface area is 119 Å². The maximum atomic E-state index is 11.9. The van der Waals surface area contributed by atoms with Crippen molar-refractivity contribution >= 4 is 11.9 Å². The Bertz CT molecular complexity index is 367. The molecule has 0 aromatic rings. The zero-order valence-electron chi connectivity index (χ0n) is 12.1. The number of amides is 3. The van der Waals surface area contributed by atoms with Gasteiger partial charge >= 0.3 is 6.03 Å². The third-order valence-electron chi connectivity index (χ3n) is 4.19. The van der Waals surface area contributed by atoms with E-state index in [0.29, 0.717) is 32.7 Å². The van der Waals surface area contributed by atoms with Crippen molar-refractivity contribution in [2.75, 3.05) is 53.6 Å². The van der Waals surface area contributed by atoms with E-state index in [1.165, 1.54) is 4.90 Å². The van der Waals surface area contributed by atoms with E-state index in [2.05, 4.69) is 10.2 Å². The Hall–Kier alpha value is -1.18. The monoisotopic (exact) mass is 284 g/mol. The van der Waals surface area contributed by atoms with E-state index in [4.69, 9.17) is 9.47 Å². The van der Waals surface area contributed by atoms with E-state index in [-0.39, 0.29) is 5.91 Å². The van der Waals surface area contributed by atoms with Crippen LogP contribution in [0.2, 0.25) is 0 Å². The molecule has 2 rings (SSSR count). The van der Waals surface area contributed by atoms with Gasteiger partial charge in [0.15, 0.2) is 0 Å². The van der Waals surface area contributed by atoms with Gasteiger partial charge in [-0.1, -0.05) is 0 Å². The standard InChI is InChI=1S/C13H22N3O4/c1-15-12(18)14-11(17)13(15)3-5-16(6-4-13)7-8-20-10-9-19-2/h3-10H2,1-2H3. The van der Waals surface area contributed by atoms with Crippen LogP contribution in [0.4, 0.5) is 4.79 Å². The van der Waals surface area contributed by atoms with Crippen molar-refractivity contribution in [2.45, 2.75) is 18.4 Å². The molecule has 1 radical (unpaired) electrons. The number of imide groups is 1. The molecule has 0 atom stereocenters. The zero-order chi connectivity index (χ0) is 14.6. The summed E-state index contributed by atoms with van der Waals surface area (Å²) in [4.78, 5) is 27.2. The lowest BCUT2D eigenvalue weighted by atomic mass is 9.86. The number of likely N-dealkylation sites (N-methyl/N-ethyl adjacent to an activating group) is 1. The number of hydrogen-bond donors (Lipinski definition) is 0. The minimum absolute atomic E-state index is 0.277. The summed E-state index contributed by atoms with van der Waals surface area (Å²) in [5.74, 6) is -0.277. The first kappa shape index (κ1) is 15.2. The summed E-state index contributed by atoms with van der Waals surface area (Å²) < 4.78 is 10.3. The van der Waals surface area contributed by atoms with Crippen LogP contribution in [-0.2, 0) is 14.3 Å². The molecular formula is C13H22N3O4. The Kier molecular flexibility index (Phi) is 4.95. The van der Waals surface area contributed by atoms with E-state index in [0.717, 1.165) is 19.6 Å². The van der Waals surface area contributed by atoms with Gasteiger partial charge in [-0.25, -0.2) is 4.79 Å². The van der Waals surface area contributed by atoms with Gasteiger partial charge in [0.1, 0.15) is 5.54 Å². The van der Waals surface area contributed by atoms with Gasteiger partial charge in [0.2, 0.25) is 0 Å². The van der Waals surface area contributed by atoms with Crippen LogP contribution in [0.5, 0.6) is 0 Å². The lowest BCUT2D eigenvalue weighted by molar-refractivity contribution is -0.128. The third-order valence-corrected chi connectivity index (χ3v) is 4.19. The van der Waals surface area contributed by atoms with Crippen LogP contribution in [0.3, 0.4) is 0 Å². The molecule has 0 N–H and O–H groups in total. The van der Waals surface area contributed by atoms with Gasteiger partial charge in [0.25, 0.3) is 5.91 Å². The Morgan fingerprint density at radius 2 is 1.90 bits per heavy atom. The summed E-state index contributed by atoms with van der Waals surface area (Å²) in [6.45, 7) is 4.26. The highest BCUT2D eigenvalue weighted by atomic mass is 16.5. The van der Waals surface area contributed by atoms with Crippen molar-refractivity contribution in [3.05, 3.63) is 0 Å². The maximum absolute atomic E-state index is 11.9. The second-order valence-electron chi connectivity index (χ2n) is 5.24. The van der Waals surface area contributed by atoms with Gasteiger partial charge in [-0.05, 0) is 12.8 Å². The van der Waals surface area contributed by atoms with Crippen molar-refractivity contribution in [2.24, 2.45) is 0 Å². The highest BCUT2D eigenvalue weighted by Crippen LogP contribution is 2.32. The molecule has 0 aromatic carbocycles. The molecule has 2 saturated heterocycles. The maximum Gasteiger partial charge on any atom is 0.347 e. The fourth-order valence-corrected chi connectivity index (χ4v) is 2.73. The molecular weight excluding hydrogens is 262 g/mol. The van der Waals surface area contributed by atoms with Crippen molar-refractivity contribution in [1.29, 1.82) is 0 Å². The van der Waals surface area contributed by atoms with Crippen LogP contribution >= 0.6 is 0 Å². The first-order valence-corrected chi connectivity index (χ1v) is 6.93. The molecule has 0 unspecified atom stereocenters. The molecule has 0 bridgehead atoms. The minimum Gasteiger partial charge on any atom is -0.382 e. The van der Waals surface area contributed by atoms with Crippen LogP contribution in [0.15, 0.2) is 0 Å². The van der Waals surface area contributed by atoms with Gasteiger partial charge in [0.05, 0.1) is 19.8 Å². The topological polar surface area (TPSA) is 73.2 Å². The highest BCUT2D eigenvalue weighted by Gasteiger charge is 2.53. The number of likely N-dealkylation sites (tertiary alicyclic amines) is 1. The molecule has 2 fully saturated rings. The lowest BCUT2D eigenvalue weighted by Gasteiger charge is -2.40. The Morgan fingerprint density at radius 3 is 2.45 bits per heavy atom. The Morgan fingerprint density at radius 1 is 1.20 bits per heavy atom. The molecule has 113 valence electrons. The third kappa shape index (κ3) is 2.94. The van der Waals surface area contributed by atoms with Crippen LogP contribution in [-0.4, -0.2) is 80.9 Å². The number of urea groups is 1. The molecule has 7 nitrogen and oxygen atoms in total.